The van der Waals surface area contributed by atoms with Crippen LogP contribution in [0.5, 0.6) is 0 Å². The van der Waals surface area contributed by atoms with E-state index in [4.69, 9.17) is 0 Å². The van der Waals surface area contributed by atoms with Gasteiger partial charge in [0.25, 0.3) is 0 Å². The summed E-state index contributed by atoms with van der Waals surface area (Å²) in [6, 6.07) is 1.70. The number of halogens is 1. The van der Waals surface area contributed by atoms with Crippen molar-refractivity contribution in [2.24, 2.45) is 7.05 Å². The first kappa shape index (κ1) is 7.47. The van der Waals surface area contributed by atoms with Gasteiger partial charge in [-0.25, -0.2) is 0 Å². The highest BCUT2D eigenvalue weighted by atomic mass is 79.9. The summed E-state index contributed by atoms with van der Waals surface area (Å²) in [5, 5.41) is 4.21. The Morgan fingerprint density at radius 3 is 3.00 bits per heavy atom. The van der Waals surface area contributed by atoms with Gasteiger partial charge in [0.05, 0.1) is 5.33 Å². The molecule has 0 fully saturated rings. The van der Waals surface area contributed by atoms with Crippen molar-refractivity contribution < 1.29 is 4.79 Å². The number of aromatic nitrogens is 2. The molecule has 0 unspecified atom stereocenters. The summed E-state index contributed by atoms with van der Waals surface area (Å²) in [6.07, 6.45) is 1.61. The second-order valence-corrected chi connectivity index (χ2v) is 2.46. The number of nitrogens with zero attached hydrogens (tertiary/aromatic N) is 2. The molecule has 1 aromatic heterocycles. The zero-order valence-electron chi connectivity index (χ0n) is 5.54. The molecule has 4 heteroatoms. The van der Waals surface area contributed by atoms with Crippen LogP contribution in [0.2, 0.25) is 0 Å². The number of ketones is 1. The van der Waals surface area contributed by atoms with E-state index >= 15 is 0 Å². The van der Waals surface area contributed by atoms with Crippen molar-refractivity contribution >= 4 is 21.7 Å². The second kappa shape index (κ2) is 2.96. The van der Waals surface area contributed by atoms with Gasteiger partial charge in [0.1, 0.15) is 5.69 Å². The highest BCUT2D eigenvalue weighted by Crippen LogP contribution is 1.99. The van der Waals surface area contributed by atoms with Crippen molar-refractivity contribution in [2.75, 3.05) is 5.33 Å². The van der Waals surface area contributed by atoms with Gasteiger partial charge in [0.15, 0.2) is 5.78 Å². The Kier molecular flexibility index (Phi) is 2.21. The molecule has 0 saturated carbocycles. The van der Waals surface area contributed by atoms with Crippen LogP contribution in [0.25, 0.3) is 0 Å². The molecule has 0 aliphatic heterocycles. The van der Waals surface area contributed by atoms with E-state index in [1.54, 1.807) is 24.0 Å². The summed E-state index contributed by atoms with van der Waals surface area (Å²) in [5.41, 5.74) is 0.636. The van der Waals surface area contributed by atoms with Crippen molar-refractivity contribution in [1.29, 1.82) is 0 Å². The quantitative estimate of drug-likeness (QED) is 0.530. The van der Waals surface area contributed by atoms with Gasteiger partial charge in [-0.3, -0.25) is 9.48 Å². The van der Waals surface area contributed by atoms with Gasteiger partial charge in [-0.15, -0.1) is 0 Å². The van der Waals surface area contributed by atoms with E-state index in [0.29, 0.717) is 11.0 Å². The predicted molar refractivity (Wildman–Crippen MR) is 41.3 cm³/mol. The Labute approximate surface area is 67.2 Å². The van der Waals surface area contributed by atoms with Crippen molar-refractivity contribution in [2.45, 2.75) is 0 Å². The first-order valence-electron chi connectivity index (χ1n) is 2.83. The van der Waals surface area contributed by atoms with Crippen molar-refractivity contribution in [3.8, 4) is 0 Å². The normalized spacial score (nSPS) is 9.80. The Morgan fingerprint density at radius 2 is 2.60 bits per heavy atom. The van der Waals surface area contributed by atoms with Crippen LogP contribution in [0, 0.1) is 0 Å². The number of carbonyl (C=O) groups excluding carboxylic acids is 1. The van der Waals surface area contributed by atoms with E-state index in [1.165, 1.54) is 0 Å². The maximum absolute atomic E-state index is 11.0. The average molecular weight is 203 g/mol. The Balaban J connectivity index is 2.93. The molecular formula is C6H7BrN2O. The van der Waals surface area contributed by atoms with Gasteiger partial charge in [0.2, 0.25) is 0 Å². The van der Waals surface area contributed by atoms with Gasteiger partial charge >= 0.3 is 0 Å². The molecule has 0 aliphatic carbocycles. The van der Waals surface area contributed by atoms with Crippen molar-refractivity contribution in [3.05, 3.63) is 18.0 Å². The van der Waals surface area contributed by atoms with Gasteiger partial charge < -0.3 is 0 Å². The Morgan fingerprint density at radius 1 is 1.90 bits per heavy atom. The number of aryl methyl sites for hydroxylation is 1. The Bertz CT molecular complexity index is 244. The monoisotopic (exact) mass is 202 g/mol. The van der Waals surface area contributed by atoms with Crippen LogP contribution in [0.1, 0.15) is 10.5 Å². The number of Topliss-reactive ketones (excluding diaryl/α,β-unsaturated/α-hetero) is 1. The van der Waals surface area contributed by atoms with Crippen molar-refractivity contribution in [3.63, 3.8) is 0 Å². The predicted octanol–water partition coefficient (Wildman–Crippen LogP) is 0.998. The van der Waals surface area contributed by atoms with E-state index in [9.17, 15) is 4.79 Å². The largest absolute Gasteiger partial charge is 0.292 e. The lowest BCUT2D eigenvalue weighted by atomic mass is 10.3. The summed E-state index contributed by atoms with van der Waals surface area (Å²) in [7, 11) is 1.75. The Hall–Kier alpha value is -0.640. The number of carbonyl (C=O) groups is 1. The smallest absolute Gasteiger partial charge is 0.191 e. The molecule has 0 N–H and O–H groups in total. The van der Waals surface area contributed by atoms with Crippen LogP contribution in [0.3, 0.4) is 0 Å². The minimum Gasteiger partial charge on any atom is -0.292 e. The lowest BCUT2D eigenvalue weighted by Crippen LogP contribution is -2.07. The summed E-state index contributed by atoms with van der Waals surface area (Å²) >= 11 is 3.08. The fourth-order valence-corrected chi connectivity index (χ4v) is 1.00. The maximum Gasteiger partial charge on any atom is 0.191 e. The second-order valence-electron chi connectivity index (χ2n) is 1.90. The first-order chi connectivity index (χ1) is 4.75. The van der Waals surface area contributed by atoms with Crippen LogP contribution in [0.15, 0.2) is 12.3 Å². The fraction of sp³-hybridized carbons (Fsp3) is 0.333. The molecule has 0 radical (unpaired) electrons. The lowest BCUT2D eigenvalue weighted by molar-refractivity contribution is 0.101. The molecule has 1 heterocycles. The molecular weight excluding hydrogens is 196 g/mol. The molecule has 0 aliphatic rings. The fourth-order valence-electron chi connectivity index (χ4n) is 0.716. The van der Waals surface area contributed by atoms with Crippen LogP contribution < -0.4 is 0 Å². The number of alkyl halides is 1. The number of hydrogen-bond acceptors (Lipinski definition) is 2. The maximum atomic E-state index is 11.0. The van der Waals surface area contributed by atoms with Gasteiger partial charge in [-0.2, -0.15) is 5.10 Å². The molecule has 10 heavy (non-hydrogen) atoms. The third-order valence-corrected chi connectivity index (χ3v) is 1.74. The summed E-state index contributed by atoms with van der Waals surface area (Å²) in [4.78, 5) is 11.0. The van der Waals surface area contributed by atoms with Crippen LogP contribution >= 0.6 is 15.9 Å². The average Bonchev–Trinajstić information content (AvgIpc) is 2.34. The van der Waals surface area contributed by atoms with E-state index in [0.717, 1.165) is 0 Å². The molecule has 3 nitrogen and oxygen atoms in total. The molecule has 1 aromatic rings. The summed E-state index contributed by atoms with van der Waals surface area (Å²) in [6.45, 7) is 0. The van der Waals surface area contributed by atoms with Gasteiger partial charge in [-0.1, -0.05) is 15.9 Å². The minimum absolute atomic E-state index is 0.0556. The molecule has 0 spiro atoms. The van der Waals surface area contributed by atoms with E-state index < -0.39 is 0 Å². The number of hydrogen-bond donors (Lipinski definition) is 0. The van der Waals surface area contributed by atoms with Crippen LogP contribution in [-0.4, -0.2) is 20.9 Å². The highest BCUT2D eigenvalue weighted by molar-refractivity contribution is 9.09. The molecule has 0 saturated heterocycles. The summed E-state index contributed by atoms with van der Waals surface area (Å²) in [5.74, 6) is 0.0556. The topological polar surface area (TPSA) is 34.9 Å². The molecule has 0 atom stereocenters. The highest BCUT2D eigenvalue weighted by Gasteiger charge is 2.06. The van der Waals surface area contributed by atoms with Crippen LogP contribution in [-0.2, 0) is 7.05 Å². The first-order valence-corrected chi connectivity index (χ1v) is 3.95. The molecule has 54 valence electrons. The van der Waals surface area contributed by atoms with Crippen LogP contribution in [0.4, 0.5) is 0 Å². The van der Waals surface area contributed by atoms with Gasteiger partial charge in [0, 0.05) is 13.2 Å². The molecule has 0 bridgehead atoms. The zero-order valence-corrected chi connectivity index (χ0v) is 7.13. The van der Waals surface area contributed by atoms with E-state index in [-0.39, 0.29) is 5.78 Å². The van der Waals surface area contributed by atoms with E-state index in [2.05, 4.69) is 21.0 Å². The SMILES string of the molecule is Cn1nccc1C(=O)CBr. The standard InChI is InChI=1S/C6H7BrN2O/c1-9-5(2-3-8-9)6(10)4-7/h2-3H,4H2,1H3. The third-order valence-electron chi connectivity index (χ3n) is 1.23. The van der Waals surface area contributed by atoms with E-state index in [1.807, 2.05) is 0 Å². The minimum atomic E-state index is 0.0556. The summed E-state index contributed by atoms with van der Waals surface area (Å²) < 4.78 is 1.56. The zero-order chi connectivity index (χ0) is 7.56. The molecule has 0 aromatic carbocycles. The molecule has 1 rings (SSSR count). The molecule has 0 amide bonds. The van der Waals surface area contributed by atoms with Crippen molar-refractivity contribution in [1.82, 2.24) is 9.78 Å². The van der Waals surface area contributed by atoms with Gasteiger partial charge in [-0.05, 0) is 6.07 Å². The lowest BCUT2D eigenvalue weighted by Gasteiger charge is -1.94. The number of rotatable bonds is 2. The third kappa shape index (κ3) is 1.26.